The molecule has 42 heavy (non-hydrogen) atoms. The lowest BCUT2D eigenvalue weighted by Crippen LogP contribution is -2.41. The molecule has 4 heterocycles. The number of aromatic nitrogens is 4. The first-order valence-corrected chi connectivity index (χ1v) is 13.7. The van der Waals surface area contributed by atoms with Crippen LogP contribution in [-0.4, -0.2) is 64.4 Å². The molecular formula is C30H35N7O5. The fraction of sp³-hybridized carbons (Fsp3) is 0.367. The van der Waals surface area contributed by atoms with Gasteiger partial charge in [0, 0.05) is 37.2 Å². The van der Waals surface area contributed by atoms with Gasteiger partial charge in [-0.3, -0.25) is 4.79 Å². The monoisotopic (exact) mass is 573 g/mol. The number of ether oxygens (including phenoxy) is 3. The molecule has 220 valence electrons. The summed E-state index contributed by atoms with van der Waals surface area (Å²) >= 11 is 0. The normalized spacial score (nSPS) is 15.3. The van der Waals surface area contributed by atoms with E-state index >= 15 is 0 Å². The first-order valence-electron chi connectivity index (χ1n) is 13.7. The largest absolute Gasteiger partial charge is 0.491 e. The quantitative estimate of drug-likeness (QED) is 0.286. The third-order valence-electron chi connectivity index (χ3n) is 6.75. The number of nitrogens with one attached hydrogen (secondary N) is 2. The van der Waals surface area contributed by atoms with Crippen molar-refractivity contribution in [2.24, 2.45) is 5.92 Å². The molecule has 0 aliphatic carbocycles. The van der Waals surface area contributed by atoms with Crippen LogP contribution >= 0.6 is 0 Å². The zero-order valence-corrected chi connectivity index (χ0v) is 24.4. The second-order valence-corrected chi connectivity index (χ2v) is 11.0. The first-order chi connectivity index (χ1) is 20.1. The number of amides is 1. The van der Waals surface area contributed by atoms with Crippen LogP contribution in [0.3, 0.4) is 0 Å². The Kier molecular flexibility index (Phi) is 8.14. The van der Waals surface area contributed by atoms with Gasteiger partial charge in [0.2, 0.25) is 5.91 Å². The molecule has 1 saturated heterocycles. The van der Waals surface area contributed by atoms with Crippen molar-refractivity contribution >= 4 is 40.5 Å². The molecule has 12 heteroatoms. The molecule has 0 radical (unpaired) electrons. The van der Waals surface area contributed by atoms with Crippen LogP contribution in [0.5, 0.6) is 11.6 Å². The Labute approximate surface area is 244 Å². The molecule has 1 amide bonds. The molecule has 4 aromatic rings. The van der Waals surface area contributed by atoms with E-state index in [2.05, 4.69) is 25.5 Å². The third-order valence-corrected chi connectivity index (χ3v) is 6.75. The number of carbonyl (C=O) groups is 2. The molecule has 1 fully saturated rings. The zero-order valence-electron chi connectivity index (χ0n) is 24.4. The van der Waals surface area contributed by atoms with Gasteiger partial charge in [-0.25, -0.2) is 14.3 Å². The maximum Gasteiger partial charge on any atom is 0.338 e. The Morgan fingerprint density at radius 1 is 1.05 bits per heavy atom. The van der Waals surface area contributed by atoms with Gasteiger partial charge in [-0.1, -0.05) is 0 Å². The highest BCUT2D eigenvalue weighted by atomic mass is 16.6. The molecule has 1 aromatic carbocycles. The summed E-state index contributed by atoms with van der Waals surface area (Å²) in [5, 5.41) is 11.1. The number of nitrogens with zero attached hydrogens (tertiary/aromatic N) is 5. The third kappa shape index (κ3) is 6.54. The van der Waals surface area contributed by atoms with E-state index in [1.165, 1.54) is 7.11 Å². The van der Waals surface area contributed by atoms with E-state index in [0.29, 0.717) is 52.4 Å². The summed E-state index contributed by atoms with van der Waals surface area (Å²) < 4.78 is 17.8. The number of piperidine rings is 1. The molecule has 0 bridgehead atoms. The smallest absolute Gasteiger partial charge is 0.338 e. The van der Waals surface area contributed by atoms with E-state index < -0.39 is 11.6 Å². The SMILES string of the molecule is COc1ccc(Nc2cc(N3CCCC(C(=O)Nc4ccc(C(=O)OC(C)(C)C)cc4)C3)nn3ccnc23)nc1OC. The maximum atomic E-state index is 13.2. The van der Waals surface area contributed by atoms with Crippen LogP contribution in [0.1, 0.15) is 44.0 Å². The number of imidazole rings is 1. The van der Waals surface area contributed by atoms with E-state index in [4.69, 9.17) is 19.3 Å². The highest BCUT2D eigenvalue weighted by Gasteiger charge is 2.28. The number of fused-ring (bicyclic) bond motifs is 1. The van der Waals surface area contributed by atoms with Gasteiger partial charge in [0.25, 0.3) is 5.88 Å². The second kappa shape index (κ2) is 11.9. The van der Waals surface area contributed by atoms with E-state index in [1.807, 2.05) is 26.8 Å². The molecule has 1 aliphatic rings. The molecule has 12 nitrogen and oxygen atoms in total. The lowest BCUT2D eigenvalue weighted by molar-refractivity contribution is -0.120. The summed E-state index contributed by atoms with van der Waals surface area (Å²) in [6, 6.07) is 12.2. The minimum atomic E-state index is -0.578. The molecule has 0 saturated carbocycles. The number of carbonyl (C=O) groups excluding carboxylic acids is 2. The van der Waals surface area contributed by atoms with Gasteiger partial charge in [-0.05, 0) is 70.0 Å². The summed E-state index contributed by atoms with van der Waals surface area (Å²) in [6.07, 6.45) is 5.05. The highest BCUT2D eigenvalue weighted by Crippen LogP contribution is 2.31. The van der Waals surface area contributed by atoms with Gasteiger partial charge < -0.3 is 29.7 Å². The van der Waals surface area contributed by atoms with Gasteiger partial charge in [0.15, 0.2) is 17.2 Å². The van der Waals surface area contributed by atoms with Crippen LogP contribution < -0.4 is 25.0 Å². The van der Waals surface area contributed by atoms with E-state index in [-0.39, 0.29) is 11.8 Å². The molecule has 5 rings (SSSR count). The number of hydrogen-bond donors (Lipinski definition) is 2. The topological polar surface area (TPSA) is 132 Å². The summed E-state index contributed by atoms with van der Waals surface area (Å²) in [6.45, 7) is 6.73. The molecule has 0 spiro atoms. The van der Waals surface area contributed by atoms with E-state index in [9.17, 15) is 9.59 Å². The minimum Gasteiger partial charge on any atom is -0.491 e. The van der Waals surface area contributed by atoms with Crippen LogP contribution in [0.15, 0.2) is 54.9 Å². The number of hydrogen-bond acceptors (Lipinski definition) is 10. The van der Waals surface area contributed by atoms with Crippen molar-refractivity contribution in [2.75, 3.05) is 42.8 Å². The number of esters is 1. The number of benzene rings is 1. The van der Waals surface area contributed by atoms with E-state index in [0.717, 1.165) is 19.4 Å². The zero-order chi connectivity index (χ0) is 29.9. The van der Waals surface area contributed by atoms with Crippen molar-refractivity contribution < 1.29 is 23.8 Å². The number of anilines is 4. The Morgan fingerprint density at radius 2 is 1.83 bits per heavy atom. The van der Waals surface area contributed by atoms with Crippen molar-refractivity contribution in [3.63, 3.8) is 0 Å². The van der Waals surface area contributed by atoms with E-state index in [1.54, 1.807) is 60.4 Å². The molecule has 3 aromatic heterocycles. The number of methoxy groups -OCH3 is 2. The fourth-order valence-electron chi connectivity index (χ4n) is 4.76. The second-order valence-electron chi connectivity index (χ2n) is 11.0. The summed E-state index contributed by atoms with van der Waals surface area (Å²) in [7, 11) is 3.10. The average Bonchev–Trinajstić information content (AvgIpc) is 3.46. The van der Waals surface area contributed by atoms with Gasteiger partial charge in [-0.2, -0.15) is 4.98 Å². The Bertz CT molecular complexity index is 1580. The van der Waals surface area contributed by atoms with Crippen LogP contribution in [-0.2, 0) is 9.53 Å². The van der Waals surface area contributed by atoms with Crippen LogP contribution in [0.4, 0.5) is 23.0 Å². The van der Waals surface area contributed by atoms with Gasteiger partial charge in [-0.15, -0.1) is 5.10 Å². The number of pyridine rings is 1. The van der Waals surface area contributed by atoms with Gasteiger partial charge in [0.1, 0.15) is 11.4 Å². The fourth-order valence-corrected chi connectivity index (χ4v) is 4.76. The molecule has 1 aliphatic heterocycles. The van der Waals surface area contributed by atoms with Crippen molar-refractivity contribution in [3.05, 3.63) is 60.4 Å². The lowest BCUT2D eigenvalue weighted by Gasteiger charge is -2.33. The van der Waals surface area contributed by atoms with Gasteiger partial charge >= 0.3 is 5.97 Å². The predicted octanol–water partition coefficient (Wildman–Crippen LogP) is 4.70. The van der Waals surface area contributed by atoms with Crippen LogP contribution in [0.2, 0.25) is 0 Å². The Balaban J connectivity index is 1.29. The van der Waals surface area contributed by atoms with Crippen molar-refractivity contribution in [2.45, 2.75) is 39.2 Å². The summed E-state index contributed by atoms with van der Waals surface area (Å²) in [4.78, 5) is 36.6. The minimum absolute atomic E-state index is 0.0821. The maximum absolute atomic E-state index is 13.2. The van der Waals surface area contributed by atoms with Crippen molar-refractivity contribution in [3.8, 4) is 11.6 Å². The predicted molar refractivity (Wildman–Crippen MR) is 159 cm³/mol. The Hall–Kier alpha value is -4.87. The van der Waals surface area contributed by atoms with Crippen LogP contribution in [0, 0.1) is 5.92 Å². The van der Waals surface area contributed by atoms with Crippen LogP contribution in [0.25, 0.3) is 5.65 Å². The highest BCUT2D eigenvalue weighted by molar-refractivity contribution is 5.94. The van der Waals surface area contributed by atoms with Crippen molar-refractivity contribution in [1.82, 2.24) is 19.6 Å². The lowest BCUT2D eigenvalue weighted by atomic mass is 9.97. The molecular weight excluding hydrogens is 538 g/mol. The first kappa shape index (κ1) is 28.7. The summed E-state index contributed by atoms with van der Waals surface area (Å²) in [5.41, 5.74) is 1.82. The van der Waals surface area contributed by atoms with Crippen molar-refractivity contribution in [1.29, 1.82) is 0 Å². The molecule has 2 N–H and O–H groups in total. The standard InChI is InChI=1S/C30H35N7O5/c1-30(2,3)42-29(39)19-8-10-21(11-9-19)32-27(38)20-7-6-15-36(18-20)25-17-22(26-31-14-16-37(26)35-25)33-24-13-12-23(40-4)28(34-24)41-5/h8-14,16-17,20H,6-7,15,18H2,1-5H3,(H,32,38)(H,33,34). The molecule has 1 atom stereocenters. The van der Waals surface area contributed by atoms with Gasteiger partial charge in [0.05, 0.1) is 31.4 Å². The molecule has 1 unspecified atom stereocenters. The summed E-state index contributed by atoms with van der Waals surface area (Å²) in [5.74, 6) is 1.43. The number of rotatable bonds is 8. The average molecular weight is 574 g/mol. The Morgan fingerprint density at radius 3 is 2.55 bits per heavy atom.